The second-order valence-corrected chi connectivity index (χ2v) is 8.77. The Hall–Kier alpha value is -2.86. The number of rotatable bonds is 8. The van der Waals surface area contributed by atoms with E-state index in [1.54, 1.807) is 12.1 Å². The molecule has 0 saturated carbocycles. The second-order valence-electron chi connectivity index (χ2n) is 8.77. The highest BCUT2D eigenvalue weighted by atomic mass is 19.1. The number of nitrogens with one attached hydrogen (secondary N) is 3. The molecule has 0 aliphatic carbocycles. The highest BCUT2D eigenvalue weighted by molar-refractivity contribution is 6.01. The summed E-state index contributed by atoms with van der Waals surface area (Å²) in [5.74, 6) is 0.153. The molecule has 32 heavy (non-hydrogen) atoms. The number of piperidine rings is 1. The van der Waals surface area contributed by atoms with Crippen molar-refractivity contribution < 1.29 is 9.18 Å². The molecule has 1 fully saturated rings. The number of H-pyrrole nitrogens is 1. The Bertz CT molecular complexity index is 1040. The zero-order valence-electron chi connectivity index (χ0n) is 18.8. The average Bonchev–Trinajstić information content (AvgIpc) is 3.20. The van der Waals surface area contributed by atoms with Crippen molar-refractivity contribution in [2.75, 3.05) is 30.3 Å². The molecule has 4 rings (SSSR count). The molecule has 1 saturated heterocycles. The van der Waals surface area contributed by atoms with Crippen molar-refractivity contribution in [2.24, 2.45) is 0 Å². The molecule has 0 spiro atoms. The van der Waals surface area contributed by atoms with Gasteiger partial charge in [-0.3, -0.25) is 0 Å². The lowest BCUT2D eigenvalue weighted by atomic mass is 9.89. The van der Waals surface area contributed by atoms with E-state index < -0.39 is 0 Å². The minimum Gasteiger partial charge on any atom is -0.361 e. The molecule has 1 aliphatic rings. The summed E-state index contributed by atoms with van der Waals surface area (Å²) in [5.41, 5.74) is 3.56. The third-order valence-electron chi connectivity index (χ3n) is 6.41. The number of aromatic amines is 1. The minimum atomic E-state index is -0.386. The number of fused-ring (bicyclic) bond motifs is 1. The van der Waals surface area contributed by atoms with Crippen LogP contribution in [-0.2, 0) is 0 Å². The Morgan fingerprint density at radius 3 is 2.59 bits per heavy atom. The van der Waals surface area contributed by atoms with Crippen LogP contribution in [0.25, 0.3) is 10.9 Å². The molecule has 2 aromatic carbocycles. The molecule has 0 unspecified atom stereocenters. The first-order chi connectivity index (χ1) is 15.6. The fraction of sp³-hybridized carbons (Fsp3) is 0.423. The Kier molecular flexibility index (Phi) is 7.43. The molecule has 3 N–H and O–H groups in total. The normalized spacial score (nSPS) is 15.2. The number of urea groups is 1. The van der Waals surface area contributed by atoms with Crippen LogP contribution in [0.5, 0.6) is 0 Å². The predicted octanol–water partition coefficient (Wildman–Crippen LogP) is 6.71. The van der Waals surface area contributed by atoms with E-state index in [4.69, 9.17) is 0 Å². The number of unbranched alkanes of at least 4 members (excludes halogenated alkanes) is 3. The van der Waals surface area contributed by atoms with Crippen LogP contribution in [-0.4, -0.2) is 35.5 Å². The van der Waals surface area contributed by atoms with Crippen LogP contribution in [0.4, 0.5) is 20.6 Å². The van der Waals surface area contributed by atoms with Crippen molar-refractivity contribution in [2.45, 2.75) is 51.4 Å². The van der Waals surface area contributed by atoms with Gasteiger partial charge in [0.05, 0.1) is 0 Å². The van der Waals surface area contributed by atoms with Crippen molar-refractivity contribution in [3.05, 3.63) is 60.0 Å². The van der Waals surface area contributed by atoms with Gasteiger partial charge in [-0.25, -0.2) is 9.18 Å². The van der Waals surface area contributed by atoms with Gasteiger partial charge in [0.15, 0.2) is 0 Å². The molecule has 6 heteroatoms. The highest BCUT2D eigenvalue weighted by Crippen LogP contribution is 2.34. The number of likely N-dealkylation sites (tertiary alicyclic amines) is 1. The Balaban J connectivity index is 1.37. The van der Waals surface area contributed by atoms with Crippen LogP contribution in [0, 0.1) is 5.82 Å². The lowest BCUT2D eigenvalue weighted by molar-refractivity contribution is 0.209. The Morgan fingerprint density at radius 2 is 1.84 bits per heavy atom. The largest absolute Gasteiger partial charge is 0.361 e. The highest BCUT2D eigenvalue weighted by Gasteiger charge is 2.22. The number of carbonyl (C=O) groups is 1. The maximum absolute atomic E-state index is 13.3. The van der Waals surface area contributed by atoms with Crippen LogP contribution >= 0.6 is 0 Å². The number of amides is 2. The fourth-order valence-electron chi connectivity index (χ4n) is 4.65. The molecule has 1 aliphatic heterocycles. The van der Waals surface area contributed by atoms with E-state index in [1.807, 2.05) is 18.2 Å². The Labute approximate surface area is 189 Å². The number of hydrogen-bond acceptors (Lipinski definition) is 2. The topological polar surface area (TPSA) is 60.2 Å². The molecule has 0 radical (unpaired) electrons. The van der Waals surface area contributed by atoms with Gasteiger partial charge in [0.25, 0.3) is 0 Å². The minimum absolute atomic E-state index is 0.381. The monoisotopic (exact) mass is 436 g/mol. The quantitative estimate of drug-likeness (QED) is 0.344. The summed E-state index contributed by atoms with van der Waals surface area (Å²) in [7, 11) is 0. The van der Waals surface area contributed by atoms with E-state index in [9.17, 15) is 9.18 Å². The van der Waals surface area contributed by atoms with E-state index in [0.29, 0.717) is 11.6 Å². The number of nitrogens with zero attached hydrogens (tertiary/aromatic N) is 1. The third kappa shape index (κ3) is 5.68. The van der Waals surface area contributed by atoms with Gasteiger partial charge in [0.1, 0.15) is 5.82 Å². The zero-order chi connectivity index (χ0) is 22.3. The van der Waals surface area contributed by atoms with Crippen molar-refractivity contribution in [1.29, 1.82) is 0 Å². The lowest BCUT2D eigenvalue weighted by Gasteiger charge is -2.32. The molecule has 2 heterocycles. The van der Waals surface area contributed by atoms with Crippen molar-refractivity contribution in [1.82, 2.24) is 9.88 Å². The summed E-state index contributed by atoms with van der Waals surface area (Å²) in [6.07, 6.45) is 9.72. The first-order valence-electron chi connectivity index (χ1n) is 11.8. The number of carbonyl (C=O) groups excluding carboxylic acids is 1. The SMILES string of the molecule is CCCCCCN1CCC(c2c[nH]c3ccc(NC(=O)Nc4cccc(F)c4)cc23)CC1. The molecule has 170 valence electrons. The van der Waals surface area contributed by atoms with Crippen LogP contribution in [0.2, 0.25) is 0 Å². The van der Waals surface area contributed by atoms with Gasteiger partial charge >= 0.3 is 6.03 Å². The van der Waals surface area contributed by atoms with Gasteiger partial charge in [0, 0.05) is 28.5 Å². The van der Waals surface area contributed by atoms with E-state index >= 15 is 0 Å². The van der Waals surface area contributed by atoms with Gasteiger partial charge in [-0.05, 0) is 86.8 Å². The predicted molar refractivity (Wildman–Crippen MR) is 130 cm³/mol. The number of anilines is 2. The fourth-order valence-corrected chi connectivity index (χ4v) is 4.65. The molecule has 1 aromatic heterocycles. The van der Waals surface area contributed by atoms with E-state index in [0.717, 1.165) is 29.7 Å². The average molecular weight is 437 g/mol. The number of aromatic nitrogens is 1. The maximum atomic E-state index is 13.3. The summed E-state index contributed by atoms with van der Waals surface area (Å²) in [6, 6.07) is 11.4. The maximum Gasteiger partial charge on any atom is 0.323 e. The third-order valence-corrected chi connectivity index (χ3v) is 6.41. The standard InChI is InChI=1S/C26H33FN4O/c1-2-3-4-5-13-31-14-11-19(12-15-31)24-18-28-25-10-9-22(17-23(24)25)30-26(32)29-21-8-6-7-20(27)16-21/h6-10,16-19,28H,2-5,11-15H2,1H3,(H2,29,30,32). The molecular formula is C26H33FN4O. The van der Waals surface area contributed by atoms with Crippen LogP contribution in [0.15, 0.2) is 48.7 Å². The molecule has 5 nitrogen and oxygen atoms in total. The van der Waals surface area contributed by atoms with E-state index in [1.165, 1.54) is 62.8 Å². The van der Waals surface area contributed by atoms with E-state index in [2.05, 4.69) is 33.6 Å². The summed E-state index contributed by atoms with van der Waals surface area (Å²) in [6.45, 7) is 5.77. The van der Waals surface area contributed by atoms with Gasteiger partial charge < -0.3 is 20.5 Å². The summed E-state index contributed by atoms with van der Waals surface area (Å²) in [5, 5.41) is 6.71. The number of hydrogen-bond donors (Lipinski definition) is 3. The smallest absolute Gasteiger partial charge is 0.323 e. The summed E-state index contributed by atoms with van der Waals surface area (Å²) in [4.78, 5) is 18.3. The summed E-state index contributed by atoms with van der Waals surface area (Å²) >= 11 is 0. The summed E-state index contributed by atoms with van der Waals surface area (Å²) < 4.78 is 13.3. The van der Waals surface area contributed by atoms with Crippen molar-refractivity contribution in [3.8, 4) is 0 Å². The first-order valence-corrected chi connectivity index (χ1v) is 11.8. The lowest BCUT2D eigenvalue weighted by Crippen LogP contribution is -2.33. The van der Waals surface area contributed by atoms with Crippen LogP contribution in [0.1, 0.15) is 56.9 Å². The number of halogens is 1. The number of benzene rings is 2. The molecule has 2 amide bonds. The van der Waals surface area contributed by atoms with Crippen LogP contribution < -0.4 is 10.6 Å². The molecular weight excluding hydrogens is 403 g/mol. The van der Waals surface area contributed by atoms with Gasteiger partial charge in [0.2, 0.25) is 0 Å². The zero-order valence-corrected chi connectivity index (χ0v) is 18.8. The van der Waals surface area contributed by atoms with E-state index in [-0.39, 0.29) is 11.8 Å². The van der Waals surface area contributed by atoms with Gasteiger partial charge in [-0.2, -0.15) is 0 Å². The first kappa shape index (κ1) is 22.3. The van der Waals surface area contributed by atoms with Gasteiger partial charge in [-0.1, -0.05) is 32.3 Å². The molecule has 0 bridgehead atoms. The molecule has 3 aromatic rings. The molecule has 0 atom stereocenters. The van der Waals surface area contributed by atoms with Crippen molar-refractivity contribution in [3.63, 3.8) is 0 Å². The Morgan fingerprint density at radius 1 is 1.06 bits per heavy atom. The second kappa shape index (κ2) is 10.6. The van der Waals surface area contributed by atoms with Gasteiger partial charge in [-0.15, -0.1) is 0 Å². The van der Waals surface area contributed by atoms with Crippen molar-refractivity contribution >= 4 is 28.3 Å². The van der Waals surface area contributed by atoms with Crippen LogP contribution in [0.3, 0.4) is 0 Å².